The molecule has 0 aliphatic carbocycles. The number of unbranched alkanes of at least 4 members (excludes halogenated alkanes) is 1. The van der Waals surface area contributed by atoms with E-state index >= 15 is 0 Å². The molecule has 1 N–H and O–H groups in total. The van der Waals surface area contributed by atoms with Gasteiger partial charge in [0.05, 0.1) is 12.3 Å². The Morgan fingerprint density at radius 3 is 2.62 bits per heavy atom. The van der Waals surface area contributed by atoms with Crippen LogP contribution < -0.4 is 4.72 Å². The van der Waals surface area contributed by atoms with Crippen molar-refractivity contribution in [2.24, 2.45) is 0 Å². The highest BCUT2D eigenvalue weighted by molar-refractivity contribution is 7.89. The first-order valence-electron chi connectivity index (χ1n) is 7.12. The van der Waals surface area contributed by atoms with Crippen molar-refractivity contribution in [3.63, 3.8) is 0 Å². The summed E-state index contributed by atoms with van der Waals surface area (Å²) >= 11 is 0. The molecule has 0 unspecified atom stereocenters. The number of nitrogens with one attached hydrogen (secondary N) is 1. The van der Waals surface area contributed by atoms with Crippen LogP contribution in [0.2, 0.25) is 0 Å². The van der Waals surface area contributed by atoms with Crippen LogP contribution in [0.1, 0.15) is 30.9 Å². The standard InChI is InChI=1S/C15H21N3O2S/c1-2-3-11-21(19,20)17-12-14-7-4-5-8-15(14)13-18-10-6-9-16-18/h4-10,17H,2-3,11-13H2,1H3. The quantitative estimate of drug-likeness (QED) is 0.813. The molecule has 2 aromatic rings. The van der Waals surface area contributed by atoms with Crippen LogP contribution in [0.4, 0.5) is 0 Å². The second-order valence-corrected chi connectivity index (χ2v) is 6.89. The first-order chi connectivity index (χ1) is 10.1. The van der Waals surface area contributed by atoms with Crippen LogP contribution >= 0.6 is 0 Å². The molecule has 1 heterocycles. The zero-order valence-electron chi connectivity index (χ0n) is 12.2. The van der Waals surface area contributed by atoms with Crippen molar-refractivity contribution in [1.82, 2.24) is 14.5 Å². The third kappa shape index (κ3) is 4.99. The summed E-state index contributed by atoms with van der Waals surface area (Å²) in [4.78, 5) is 0. The number of sulfonamides is 1. The number of hydrogen-bond donors (Lipinski definition) is 1. The maximum Gasteiger partial charge on any atom is 0.211 e. The molecule has 5 nitrogen and oxygen atoms in total. The zero-order valence-corrected chi connectivity index (χ0v) is 13.0. The molecule has 0 saturated heterocycles. The van der Waals surface area contributed by atoms with Crippen molar-refractivity contribution < 1.29 is 8.42 Å². The lowest BCUT2D eigenvalue weighted by Crippen LogP contribution is -2.26. The summed E-state index contributed by atoms with van der Waals surface area (Å²) < 4.78 is 28.2. The second-order valence-electron chi connectivity index (χ2n) is 4.97. The highest BCUT2D eigenvalue weighted by Gasteiger charge is 2.10. The van der Waals surface area contributed by atoms with Gasteiger partial charge in [-0.3, -0.25) is 4.68 Å². The summed E-state index contributed by atoms with van der Waals surface area (Å²) in [6, 6.07) is 9.69. The van der Waals surface area contributed by atoms with Crippen molar-refractivity contribution >= 4 is 10.0 Å². The van der Waals surface area contributed by atoms with Gasteiger partial charge in [-0.2, -0.15) is 5.10 Å². The fourth-order valence-electron chi connectivity index (χ4n) is 2.05. The molecule has 1 aromatic heterocycles. The van der Waals surface area contributed by atoms with E-state index in [-0.39, 0.29) is 5.75 Å². The van der Waals surface area contributed by atoms with E-state index in [2.05, 4.69) is 9.82 Å². The Balaban J connectivity index is 2.03. The highest BCUT2D eigenvalue weighted by atomic mass is 32.2. The van der Waals surface area contributed by atoms with E-state index < -0.39 is 10.0 Å². The predicted molar refractivity (Wildman–Crippen MR) is 83.3 cm³/mol. The Hall–Kier alpha value is -1.66. The van der Waals surface area contributed by atoms with E-state index in [0.717, 1.165) is 17.5 Å². The number of benzene rings is 1. The minimum absolute atomic E-state index is 0.185. The van der Waals surface area contributed by atoms with E-state index in [4.69, 9.17) is 0 Å². The minimum Gasteiger partial charge on any atom is -0.268 e. The Morgan fingerprint density at radius 1 is 1.19 bits per heavy atom. The van der Waals surface area contributed by atoms with Crippen molar-refractivity contribution in [3.05, 3.63) is 53.9 Å². The number of hydrogen-bond acceptors (Lipinski definition) is 3. The van der Waals surface area contributed by atoms with Crippen LogP contribution in [0.15, 0.2) is 42.7 Å². The molecule has 0 aliphatic heterocycles. The molecular formula is C15H21N3O2S. The number of rotatable bonds is 8. The molecule has 114 valence electrons. The van der Waals surface area contributed by atoms with Gasteiger partial charge in [0.2, 0.25) is 10.0 Å². The number of aromatic nitrogens is 2. The normalized spacial score (nSPS) is 11.7. The molecule has 0 amide bonds. The van der Waals surface area contributed by atoms with Crippen molar-refractivity contribution in [3.8, 4) is 0 Å². The molecule has 1 aromatic carbocycles. The van der Waals surface area contributed by atoms with Gasteiger partial charge in [-0.25, -0.2) is 13.1 Å². The van der Waals surface area contributed by atoms with Gasteiger partial charge in [-0.15, -0.1) is 0 Å². The SMILES string of the molecule is CCCCS(=O)(=O)NCc1ccccc1Cn1cccn1. The molecule has 0 fully saturated rings. The van der Waals surface area contributed by atoms with Gasteiger partial charge in [-0.05, 0) is 23.6 Å². The first kappa shape index (κ1) is 15.7. The molecule has 0 atom stereocenters. The fourth-order valence-corrected chi connectivity index (χ4v) is 3.24. The summed E-state index contributed by atoms with van der Waals surface area (Å²) in [6.45, 7) is 2.94. The fraction of sp³-hybridized carbons (Fsp3) is 0.400. The topological polar surface area (TPSA) is 64.0 Å². The van der Waals surface area contributed by atoms with Crippen LogP contribution in [0.25, 0.3) is 0 Å². The largest absolute Gasteiger partial charge is 0.268 e. The van der Waals surface area contributed by atoms with Gasteiger partial charge in [0.1, 0.15) is 0 Å². The number of nitrogens with zero attached hydrogens (tertiary/aromatic N) is 2. The smallest absolute Gasteiger partial charge is 0.211 e. The lowest BCUT2D eigenvalue weighted by molar-refractivity contribution is 0.577. The van der Waals surface area contributed by atoms with Crippen LogP contribution in [0.5, 0.6) is 0 Å². The molecule has 21 heavy (non-hydrogen) atoms. The van der Waals surface area contributed by atoms with Gasteiger partial charge in [0.25, 0.3) is 0 Å². The summed E-state index contributed by atoms with van der Waals surface area (Å²) in [5, 5.41) is 4.18. The van der Waals surface area contributed by atoms with E-state index in [1.165, 1.54) is 0 Å². The average molecular weight is 307 g/mol. The molecule has 0 spiro atoms. The Morgan fingerprint density at radius 2 is 1.95 bits per heavy atom. The Bertz CT molecular complexity index is 651. The minimum atomic E-state index is -3.19. The first-order valence-corrected chi connectivity index (χ1v) is 8.77. The molecule has 0 aliphatic rings. The molecular weight excluding hydrogens is 286 g/mol. The summed E-state index contributed by atoms with van der Waals surface area (Å²) in [7, 11) is -3.19. The third-order valence-corrected chi connectivity index (χ3v) is 4.67. The van der Waals surface area contributed by atoms with Crippen LogP contribution in [0.3, 0.4) is 0 Å². The molecule has 0 radical (unpaired) electrons. The van der Waals surface area contributed by atoms with E-state index in [9.17, 15) is 8.42 Å². The third-order valence-electron chi connectivity index (χ3n) is 3.26. The monoisotopic (exact) mass is 307 g/mol. The van der Waals surface area contributed by atoms with Crippen LogP contribution in [0, 0.1) is 0 Å². The lowest BCUT2D eigenvalue weighted by Gasteiger charge is -2.11. The van der Waals surface area contributed by atoms with Crippen LogP contribution in [-0.2, 0) is 23.1 Å². The average Bonchev–Trinajstić information content (AvgIpc) is 2.97. The van der Waals surface area contributed by atoms with Crippen molar-refractivity contribution in [2.75, 3.05) is 5.75 Å². The van der Waals surface area contributed by atoms with Gasteiger partial charge >= 0.3 is 0 Å². The maximum atomic E-state index is 11.9. The molecule has 2 rings (SSSR count). The maximum absolute atomic E-state index is 11.9. The second kappa shape index (κ2) is 7.38. The summed E-state index contributed by atoms with van der Waals surface area (Å²) in [5.74, 6) is 0.185. The predicted octanol–water partition coefficient (Wildman–Crippen LogP) is 2.15. The Kier molecular flexibility index (Phi) is 5.52. The van der Waals surface area contributed by atoms with Gasteiger partial charge < -0.3 is 0 Å². The van der Waals surface area contributed by atoms with E-state index in [0.29, 0.717) is 19.5 Å². The van der Waals surface area contributed by atoms with Gasteiger partial charge in [0, 0.05) is 18.9 Å². The Labute approximate surface area is 126 Å². The molecule has 0 bridgehead atoms. The van der Waals surface area contributed by atoms with E-state index in [1.807, 2.05) is 48.1 Å². The van der Waals surface area contributed by atoms with Crippen LogP contribution in [-0.4, -0.2) is 24.0 Å². The lowest BCUT2D eigenvalue weighted by atomic mass is 10.1. The molecule has 6 heteroatoms. The van der Waals surface area contributed by atoms with Crippen molar-refractivity contribution in [1.29, 1.82) is 0 Å². The summed E-state index contributed by atoms with van der Waals surface area (Å²) in [5.41, 5.74) is 2.05. The summed E-state index contributed by atoms with van der Waals surface area (Å²) in [6.07, 6.45) is 5.18. The van der Waals surface area contributed by atoms with Gasteiger partial charge in [-0.1, -0.05) is 37.6 Å². The molecule has 0 saturated carbocycles. The van der Waals surface area contributed by atoms with Gasteiger partial charge in [0.15, 0.2) is 0 Å². The highest BCUT2D eigenvalue weighted by Crippen LogP contribution is 2.11. The van der Waals surface area contributed by atoms with Crippen molar-refractivity contribution in [2.45, 2.75) is 32.9 Å². The zero-order chi connectivity index (χ0) is 15.1. The van der Waals surface area contributed by atoms with E-state index in [1.54, 1.807) is 6.20 Å².